The van der Waals surface area contributed by atoms with E-state index in [1.165, 1.54) is 0 Å². The average molecular weight is 378 g/mol. The van der Waals surface area contributed by atoms with Gasteiger partial charge in [-0.15, -0.1) is 0 Å². The summed E-state index contributed by atoms with van der Waals surface area (Å²) in [7, 11) is 0. The molecular weight excluding hydrogens is 370 g/mol. The first-order valence-electron chi connectivity index (χ1n) is 5.25. The van der Waals surface area contributed by atoms with Crippen LogP contribution in [0.3, 0.4) is 0 Å². The molecule has 0 atom stereocenters. The fraction of sp³-hybridized carbons (Fsp3) is 0. The molecule has 2 nitrogen and oxygen atoms in total. The van der Waals surface area contributed by atoms with Crippen molar-refractivity contribution in [2.24, 2.45) is 5.10 Å². The number of benzene rings is 2. The lowest BCUT2D eigenvalue weighted by molar-refractivity contribution is 1.35. The van der Waals surface area contributed by atoms with Gasteiger partial charge in [0.05, 0.1) is 21.9 Å². The van der Waals surface area contributed by atoms with Crippen LogP contribution >= 0.6 is 50.7 Å². The summed E-state index contributed by atoms with van der Waals surface area (Å²) in [4.78, 5) is 0. The van der Waals surface area contributed by atoms with E-state index in [2.05, 4.69) is 26.5 Å². The van der Waals surface area contributed by atoms with Crippen molar-refractivity contribution < 1.29 is 0 Å². The molecule has 0 heterocycles. The molecular formula is C13H8BrCl3N2. The lowest BCUT2D eigenvalue weighted by atomic mass is 10.2. The van der Waals surface area contributed by atoms with Crippen LogP contribution in [-0.4, -0.2) is 6.21 Å². The van der Waals surface area contributed by atoms with Gasteiger partial charge in [0, 0.05) is 9.50 Å². The second-order valence-corrected chi connectivity index (χ2v) is 5.84. The molecule has 0 radical (unpaired) electrons. The van der Waals surface area contributed by atoms with Gasteiger partial charge >= 0.3 is 0 Å². The fourth-order valence-corrected chi connectivity index (χ4v) is 2.73. The SMILES string of the molecule is Clc1cc(Cl)c(NN=Cc2cccc(Br)c2)c(Cl)c1. The smallest absolute Gasteiger partial charge is 0.0935 e. The van der Waals surface area contributed by atoms with E-state index < -0.39 is 0 Å². The molecule has 2 rings (SSSR count). The molecule has 0 bridgehead atoms. The second-order valence-electron chi connectivity index (χ2n) is 3.67. The van der Waals surface area contributed by atoms with Crippen LogP contribution < -0.4 is 5.43 Å². The van der Waals surface area contributed by atoms with Crippen molar-refractivity contribution in [1.29, 1.82) is 0 Å². The summed E-state index contributed by atoms with van der Waals surface area (Å²) >= 11 is 21.3. The van der Waals surface area contributed by atoms with E-state index in [1.54, 1.807) is 18.3 Å². The molecule has 0 aliphatic carbocycles. The number of hydrazone groups is 1. The fourth-order valence-electron chi connectivity index (χ4n) is 1.41. The molecule has 0 amide bonds. The van der Waals surface area contributed by atoms with Crippen molar-refractivity contribution in [3.63, 3.8) is 0 Å². The molecule has 0 aliphatic rings. The maximum atomic E-state index is 6.03. The molecule has 0 saturated heterocycles. The Kier molecular flexibility index (Phi) is 5.11. The highest BCUT2D eigenvalue weighted by Gasteiger charge is 2.06. The number of hydrogen-bond acceptors (Lipinski definition) is 2. The zero-order valence-electron chi connectivity index (χ0n) is 9.50. The molecule has 0 unspecified atom stereocenters. The molecule has 19 heavy (non-hydrogen) atoms. The van der Waals surface area contributed by atoms with Gasteiger partial charge in [-0.3, -0.25) is 5.43 Å². The quantitative estimate of drug-likeness (QED) is 0.525. The van der Waals surface area contributed by atoms with Gasteiger partial charge in [0.25, 0.3) is 0 Å². The maximum absolute atomic E-state index is 6.03. The maximum Gasteiger partial charge on any atom is 0.0935 e. The van der Waals surface area contributed by atoms with Crippen LogP contribution in [0.5, 0.6) is 0 Å². The summed E-state index contributed by atoms with van der Waals surface area (Å²) in [5, 5.41) is 5.42. The Balaban J connectivity index is 2.15. The summed E-state index contributed by atoms with van der Waals surface area (Å²) in [5.74, 6) is 0. The molecule has 2 aromatic rings. The van der Waals surface area contributed by atoms with E-state index in [1.807, 2.05) is 24.3 Å². The van der Waals surface area contributed by atoms with Crippen molar-refractivity contribution in [1.82, 2.24) is 0 Å². The van der Waals surface area contributed by atoms with Crippen molar-refractivity contribution in [3.8, 4) is 0 Å². The standard InChI is InChI=1S/C13H8BrCl3N2/c14-9-3-1-2-8(4-9)7-18-19-13-11(16)5-10(15)6-12(13)17/h1-7,19H. The molecule has 2 aromatic carbocycles. The third-order valence-electron chi connectivity index (χ3n) is 2.25. The Bertz CT molecular complexity index is 606. The number of nitrogens with one attached hydrogen (secondary N) is 1. The summed E-state index contributed by atoms with van der Waals surface area (Å²) in [6, 6.07) is 10.9. The molecule has 0 aliphatic heterocycles. The van der Waals surface area contributed by atoms with Gasteiger partial charge in [-0.1, -0.05) is 62.9 Å². The third kappa shape index (κ3) is 4.11. The van der Waals surface area contributed by atoms with E-state index in [0.29, 0.717) is 20.8 Å². The number of nitrogens with zero attached hydrogens (tertiary/aromatic N) is 1. The van der Waals surface area contributed by atoms with Crippen molar-refractivity contribution in [2.45, 2.75) is 0 Å². The zero-order chi connectivity index (χ0) is 13.8. The summed E-state index contributed by atoms with van der Waals surface area (Å²) in [6.45, 7) is 0. The summed E-state index contributed by atoms with van der Waals surface area (Å²) in [5.41, 5.74) is 4.28. The second kappa shape index (κ2) is 6.62. The molecule has 0 saturated carbocycles. The summed E-state index contributed by atoms with van der Waals surface area (Å²) in [6.07, 6.45) is 1.67. The Morgan fingerprint density at radius 1 is 1.05 bits per heavy atom. The van der Waals surface area contributed by atoms with Crippen LogP contribution in [0.2, 0.25) is 15.1 Å². The Morgan fingerprint density at radius 3 is 2.37 bits per heavy atom. The lowest BCUT2D eigenvalue weighted by Crippen LogP contribution is -1.92. The number of rotatable bonds is 3. The van der Waals surface area contributed by atoms with Crippen LogP contribution in [-0.2, 0) is 0 Å². The average Bonchev–Trinajstić information content (AvgIpc) is 2.32. The van der Waals surface area contributed by atoms with Crippen LogP contribution in [0, 0.1) is 0 Å². The number of halogens is 4. The van der Waals surface area contributed by atoms with Crippen molar-refractivity contribution in [2.75, 3.05) is 5.43 Å². The van der Waals surface area contributed by atoms with Gasteiger partial charge in [-0.2, -0.15) is 5.10 Å². The highest BCUT2D eigenvalue weighted by Crippen LogP contribution is 2.33. The van der Waals surface area contributed by atoms with Gasteiger partial charge in [-0.05, 0) is 29.8 Å². The van der Waals surface area contributed by atoms with E-state index in [-0.39, 0.29) is 0 Å². The molecule has 0 aromatic heterocycles. The predicted octanol–water partition coefficient (Wildman–Crippen LogP) is 5.86. The van der Waals surface area contributed by atoms with Crippen molar-refractivity contribution >= 4 is 62.6 Å². The lowest BCUT2D eigenvalue weighted by Gasteiger charge is -2.06. The Hall–Kier alpha value is -0.740. The first-order valence-corrected chi connectivity index (χ1v) is 7.18. The van der Waals surface area contributed by atoms with Gasteiger partial charge < -0.3 is 0 Å². The zero-order valence-corrected chi connectivity index (χ0v) is 13.4. The van der Waals surface area contributed by atoms with E-state index in [4.69, 9.17) is 34.8 Å². The molecule has 98 valence electrons. The van der Waals surface area contributed by atoms with Gasteiger partial charge in [0.2, 0.25) is 0 Å². The minimum atomic E-state index is 0.420. The first-order chi connectivity index (χ1) is 9.06. The summed E-state index contributed by atoms with van der Waals surface area (Å²) < 4.78 is 0.985. The van der Waals surface area contributed by atoms with Crippen LogP contribution in [0.4, 0.5) is 5.69 Å². The number of hydrogen-bond donors (Lipinski definition) is 1. The van der Waals surface area contributed by atoms with Crippen LogP contribution in [0.15, 0.2) is 46.0 Å². The van der Waals surface area contributed by atoms with Gasteiger partial charge in [-0.25, -0.2) is 0 Å². The predicted molar refractivity (Wildman–Crippen MR) is 86.8 cm³/mol. The molecule has 1 N–H and O–H groups in total. The highest BCUT2D eigenvalue weighted by molar-refractivity contribution is 9.10. The topological polar surface area (TPSA) is 24.4 Å². The molecule has 0 spiro atoms. The molecule has 0 fully saturated rings. The highest BCUT2D eigenvalue weighted by atomic mass is 79.9. The minimum absolute atomic E-state index is 0.420. The Labute approximate surface area is 134 Å². The van der Waals surface area contributed by atoms with Crippen molar-refractivity contribution in [3.05, 3.63) is 61.5 Å². The van der Waals surface area contributed by atoms with Crippen LogP contribution in [0.1, 0.15) is 5.56 Å². The molecule has 6 heteroatoms. The number of anilines is 1. The first kappa shape index (κ1) is 14.7. The normalized spacial score (nSPS) is 10.9. The van der Waals surface area contributed by atoms with Gasteiger partial charge in [0.1, 0.15) is 0 Å². The largest absolute Gasteiger partial charge is 0.275 e. The Morgan fingerprint density at radius 2 is 1.74 bits per heavy atom. The monoisotopic (exact) mass is 376 g/mol. The van der Waals surface area contributed by atoms with E-state index in [9.17, 15) is 0 Å². The van der Waals surface area contributed by atoms with Crippen LogP contribution in [0.25, 0.3) is 0 Å². The third-order valence-corrected chi connectivity index (χ3v) is 3.55. The van der Waals surface area contributed by atoms with E-state index in [0.717, 1.165) is 10.0 Å². The minimum Gasteiger partial charge on any atom is -0.275 e. The van der Waals surface area contributed by atoms with E-state index >= 15 is 0 Å². The van der Waals surface area contributed by atoms with Gasteiger partial charge in [0.15, 0.2) is 0 Å².